The van der Waals surface area contributed by atoms with Crippen LogP contribution in [-0.4, -0.2) is 43.9 Å². The second kappa shape index (κ2) is 5.83. The Morgan fingerprint density at radius 2 is 1.76 bits per heavy atom. The highest BCUT2D eigenvalue weighted by Crippen LogP contribution is 2.19. The largest absolute Gasteiger partial charge is 0.354 e. The van der Waals surface area contributed by atoms with Crippen molar-refractivity contribution in [3.8, 4) is 0 Å². The van der Waals surface area contributed by atoms with E-state index in [1.807, 2.05) is 18.2 Å². The molecule has 2 heterocycles. The molecule has 0 saturated carbocycles. The maximum absolute atomic E-state index is 12.5. The highest BCUT2D eigenvalue weighted by atomic mass is 32.2. The number of hydrogen-bond donors (Lipinski definition) is 0. The van der Waals surface area contributed by atoms with Crippen molar-refractivity contribution in [3.05, 3.63) is 54.7 Å². The number of aromatic nitrogens is 1. The molecule has 2 aromatic rings. The predicted molar refractivity (Wildman–Crippen MR) is 80.5 cm³/mol. The van der Waals surface area contributed by atoms with Gasteiger partial charge in [-0.05, 0) is 18.2 Å². The van der Waals surface area contributed by atoms with Crippen molar-refractivity contribution in [2.24, 2.45) is 0 Å². The summed E-state index contributed by atoms with van der Waals surface area (Å²) in [5.74, 6) is 0.890. The molecule has 0 spiro atoms. The van der Waals surface area contributed by atoms with Gasteiger partial charge in [-0.15, -0.1) is 0 Å². The average Bonchev–Trinajstić information content (AvgIpc) is 2.57. The number of pyridine rings is 1. The number of benzene rings is 1. The highest BCUT2D eigenvalue weighted by Gasteiger charge is 2.28. The molecule has 1 aromatic heterocycles. The Bertz CT molecular complexity index is 681. The molecule has 21 heavy (non-hydrogen) atoms. The van der Waals surface area contributed by atoms with Crippen LogP contribution in [-0.2, 0) is 10.0 Å². The monoisotopic (exact) mass is 302 g/mol. The summed E-state index contributed by atoms with van der Waals surface area (Å²) in [7, 11) is -3.44. The van der Waals surface area contributed by atoms with Crippen molar-refractivity contribution >= 4 is 15.8 Å². The summed E-state index contributed by atoms with van der Waals surface area (Å²) in [5.41, 5.74) is 0. The smallest absolute Gasteiger partial charge is 0.243 e. The quantitative estimate of drug-likeness (QED) is 0.860. The van der Waals surface area contributed by atoms with Crippen LogP contribution in [0.4, 0.5) is 5.82 Å². The lowest BCUT2D eigenvalue weighted by Gasteiger charge is -2.34. The van der Waals surface area contributed by atoms with Crippen molar-refractivity contribution < 1.29 is 8.42 Å². The van der Waals surface area contributed by atoms with Gasteiger partial charge in [0, 0.05) is 38.4 Å². The molecule has 3 rings (SSSR count). The third kappa shape index (κ3) is 2.91. The maximum atomic E-state index is 12.5. The fourth-order valence-electron chi connectivity index (χ4n) is 2.37. The average molecular weight is 302 g/mol. The third-order valence-electron chi connectivity index (χ3n) is 3.51. The van der Waals surface area contributed by atoms with Gasteiger partial charge >= 0.3 is 0 Å². The predicted octanol–water partition coefficient (Wildman–Crippen LogP) is 1.39. The summed E-state index contributed by atoms with van der Waals surface area (Å²) in [6, 6.07) is 15.2. The van der Waals surface area contributed by atoms with Crippen molar-refractivity contribution in [2.75, 3.05) is 31.1 Å². The minimum Gasteiger partial charge on any atom is -0.354 e. The van der Waals surface area contributed by atoms with Crippen LogP contribution in [0.5, 0.6) is 0 Å². The van der Waals surface area contributed by atoms with Crippen molar-refractivity contribution in [2.45, 2.75) is 4.90 Å². The van der Waals surface area contributed by atoms with E-state index in [1.54, 1.807) is 30.5 Å². The van der Waals surface area contributed by atoms with Gasteiger partial charge in [-0.1, -0.05) is 24.3 Å². The molecular formula is C15H16N3O2S. The third-order valence-corrected chi connectivity index (χ3v) is 5.36. The van der Waals surface area contributed by atoms with E-state index in [-0.39, 0.29) is 4.90 Å². The van der Waals surface area contributed by atoms with E-state index in [2.05, 4.69) is 16.0 Å². The van der Waals surface area contributed by atoms with E-state index < -0.39 is 10.0 Å². The van der Waals surface area contributed by atoms with Gasteiger partial charge in [0.05, 0.1) is 4.90 Å². The molecule has 1 aromatic carbocycles. The van der Waals surface area contributed by atoms with Gasteiger partial charge in [0.2, 0.25) is 10.0 Å². The zero-order valence-electron chi connectivity index (χ0n) is 11.5. The normalized spacial score (nSPS) is 16.9. The highest BCUT2D eigenvalue weighted by molar-refractivity contribution is 7.89. The molecule has 109 valence electrons. The molecule has 5 nitrogen and oxygen atoms in total. The molecule has 0 unspecified atom stereocenters. The zero-order chi connectivity index (χ0) is 14.7. The number of hydrogen-bond acceptors (Lipinski definition) is 4. The Kier molecular flexibility index (Phi) is 3.90. The molecule has 1 radical (unpaired) electrons. The first kappa shape index (κ1) is 14.0. The maximum Gasteiger partial charge on any atom is 0.243 e. The lowest BCUT2D eigenvalue weighted by atomic mass is 10.3. The van der Waals surface area contributed by atoms with Gasteiger partial charge in [-0.2, -0.15) is 4.31 Å². The lowest BCUT2D eigenvalue weighted by molar-refractivity contribution is 0.384. The molecule has 0 bridgehead atoms. The second-order valence-corrected chi connectivity index (χ2v) is 6.71. The number of anilines is 1. The Hall–Kier alpha value is -1.92. The number of piperazine rings is 1. The van der Waals surface area contributed by atoms with Gasteiger partial charge in [0.25, 0.3) is 0 Å². The van der Waals surface area contributed by atoms with Crippen LogP contribution in [0, 0.1) is 6.07 Å². The van der Waals surface area contributed by atoms with Crippen molar-refractivity contribution in [1.82, 2.24) is 9.29 Å². The van der Waals surface area contributed by atoms with Crippen LogP contribution in [0.15, 0.2) is 53.6 Å². The van der Waals surface area contributed by atoms with E-state index in [4.69, 9.17) is 0 Å². The first-order chi connectivity index (χ1) is 10.2. The fraction of sp³-hybridized carbons (Fsp3) is 0.267. The SMILES string of the molecule is O=S(=O)(c1[c]cccc1)N1CCN(c2ccccn2)CC1. The minimum absolute atomic E-state index is 0.233. The number of nitrogens with zero attached hydrogens (tertiary/aromatic N) is 3. The summed E-state index contributed by atoms with van der Waals surface area (Å²) >= 11 is 0. The van der Waals surface area contributed by atoms with Gasteiger partial charge in [0.15, 0.2) is 0 Å². The van der Waals surface area contributed by atoms with Gasteiger partial charge < -0.3 is 4.90 Å². The topological polar surface area (TPSA) is 53.5 Å². The molecule has 1 saturated heterocycles. The van der Waals surface area contributed by atoms with E-state index in [9.17, 15) is 8.42 Å². The molecule has 1 aliphatic rings. The molecule has 1 fully saturated rings. The van der Waals surface area contributed by atoms with Crippen LogP contribution in [0.3, 0.4) is 0 Å². The zero-order valence-corrected chi connectivity index (χ0v) is 12.3. The molecule has 0 amide bonds. The van der Waals surface area contributed by atoms with Crippen LogP contribution in [0.1, 0.15) is 0 Å². The summed E-state index contributed by atoms with van der Waals surface area (Å²) in [4.78, 5) is 6.63. The molecular weight excluding hydrogens is 286 g/mol. The Morgan fingerprint density at radius 3 is 2.38 bits per heavy atom. The van der Waals surface area contributed by atoms with Gasteiger partial charge in [-0.25, -0.2) is 13.4 Å². The van der Waals surface area contributed by atoms with Crippen LogP contribution in [0.25, 0.3) is 0 Å². The second-order valence-electron chi connectivity index (χ2n) is 4.81. The van der Waals surface area contributed by atoms with E-state index in [0.29, 0.717) is 26.2 Å². The standard InChI is InChI=1S/C15H16N3O2S/c19-21(20,14-6-2-1-3-7-14)18-12-10-17(11-13-18)15-8-4-5-9-16-15/h1-6,8-9H,10-13H2. The number of rotatable bonds is 3. The Balaban J connectivity index is 1.72. The van der Waals surface area contributed by atoms with Crippen molar-refractivity contribution in [3.63, 3.8) is 0 Å². The summed E-state index contributed by atoms with van der Waals surface area (Å²) < 4.78 is 26.5. The number of sulfonamides is 1. The Labute approximate surface area is 124 Å². The van der Waals surface area contributed by atoms with E-state index >= 15 is 0 Å². The Morgan fingerprint density at radius 1 is 1.00 bits per heavy atom. The molecule has 0 N–H and O–H groups in total. The molecule has 6 heteroatoms. The minimum atomic E-state index is -3.44. The summed E-state index contributed by atoms with van der Waals surface area (Å²) in [6.45, 7) is 2.20. The molecule has 0 atom stereocenters. The fourth-order valence-corrected chi connectivity index (χ4v) is 3.76. The molecule has 1 aliphatic heterocycles. The van der Waals surface area contributed by atoms with Crippen LogP contribution < -0.4 is 4.90 Å². The first-order valence-corrected chi connectivity index (χ1v) is 8.25. The first-order valence-electron chi connectivity index (χ1n) is 6.81. The van der Waals surface area contributed by atoms with Crippen LogP contribution in [0.2, 0.25) is 0 Å². The van der Waals surface area contributed by atoms with E-state index in [0.717, 1.165) is 5.82 Å². The van der Waals surface area contributed by atoms with Gasteiger partial charge in [0.1, 0.15) is 5.82 Å². The van der Waals surface area contributed by atoms with Crippen LogP contribution >= 0.6 is 0 Å². The summed E-state index contributed by atoms with van der Waals surface area (Å²) in [5, 5.41) is 0. The van der Waals surface area contributed by atoms with Gasteiger partial charge in [-0.3, -0.25) is 0 Å². The van der Waals surface area contributed by atoms with E-state index in [1.165, 1.54) is 4.31 Å². The molecule has 0 aliphatic carbocycles. The lowest BCUT2D eigenvalue weighted by Crippen LogP contribution is -2.48. The van der Waals surface area contributed by atoms with Crippen molar-refractivity contribution in [1.29, 1.82) is 0 Å². The summed E-state index contributed by atoms with van der Waals surface area (Å²) in [6.07, 6.45) is 1.75.